The number of nitrogens with one attached hydrogen (secondary N) is 1. The van der Waals surface area contributed by atoms with Crippen molar-refractivity contribution in [1.29, 1.82) is 0 Å². The van der Waals surface area contributed by atoms with Crippen LogP contribution < -0.4 is 19.9 Å². The summed E-state index contributed by atoms with van der Waals surface area (Å²) >= 11 is 0. The molecule has 2 aromatic heterocycles. The molecule has 12 heteroatoms. The molecule has 2 bridgehead atoms. The first-order valence-electron chi connectivity index (χ1n) is 11.7. The Balaban J connectivity index is 1.21. The van der Waals surface area contributed by atoms with Crippen LogP contribution in [0.25, 0.3) is 0 Å². The predicted octanol–water partition coefficient (Wildman–Crippen LogP) is 3.36. The molecule has 2 aliphatic heterocycles. The molecule has 3 aliphatic rings. The maximum Gasteiger partial charge on any atom is 0.244 e. The van der Waals surface area contributed by atoms with Crippen LogP contribution in [0.1, 0.15) is 19.3 Å². The molecule has 9 nitrogen and oxygen atoms in total. The van der Waals surface area contributed by atoms with E-state index in [1.165, 1.54) is 12.4 Å². The summed E-state index contributed by atoms with van der Waals surface area (Å²) in [6, 6.07) is 4.22. The fourth-order valence-electron chi connectivity index (χ4n) is 5.58. The highest BCUT2D eigenvalue weighted by Crippen LogP contribution is 2.40. The van der Waals surface area contributed by atoms with Crippen molar-refractivity contribution in [3.8, 4) is 5.88 Å². The Morgan fingerprint density at radius 3 is 2.60 bits per heavy atom. The summed E-state index contributed by atoms with van der Waals surface area (Å²) in [4.78, 5) is 17.0. The lowest BCUT2D eigenvalue weighted by atomic mass is 9.92. The second-order valence-corrected chi connectivity index (χ2v) is 9.25. The van der Waals surface area contributed by atoms with Crippen LogP contribution in [-0.2, 0) is 6.54 Å². The van der Waals surface area contributed by atoms with E-state index < -0.39 is 17.5 Å². The molecule has 6 rings (SSSR count). The molecule has 35 heavy (non-hydrogen) atoms. The molecule has 3 aromatic rings. The van der Waals surface area contributed by atoms with E-state index in [1.54, 1.807) is 16.7 Å². The number of hydrogen-bond donors (Lipinski definition) is 1. The van der Waals surface area contributed by atoms with Crippen molar-refractivity contribution in [3.05, 3.63) is 42.0 Å². The molecule has 184 valence electrons. The lowest BCUT2D eigenvalue weighted by Crippen LogP contribution is -2.48. The number of fused-ring (bicyclic) bond motifs is 3. The monoisotopic (exact) mass is 486 g/mol. The van der Waals surface area contributed by atoms with Crippen LogP contribution in [0.5, 0.6) is 5.88 Å². The zero-order chi connectivity index (χ0) is 24.1. The Kier molecular flexibility index (Phi) is 5.37. The summed E-state index contributed by atoms with van der Waals surface area (Å²) in [5, 5.41) is 8.12. The van der Waals surface area contributed by atoms with Gasteiger partial charge in [0.25, 0.3) is 0 Å². The molecule has 4 heterocycles. The first kappa shape index (κ1) is 21.9. The van der Waals surface area contributed by atoms with Crippen molar-refractivity contribution in [2.24, 2.45) is 11.8 Å². The van der Waals surface area contributed by atoms with Gasteiger partial charge in [0.15, 0.2) is 17.5 Å². The van der Waals surface area contributed by atoms with E-state index in [9.17, 15) is 13.2 Å². The predicted molar refractivity (Wildman–Crippen MR) is 122 cm³/mol. The SMILES string of the molecule is COc1cc(N2C[C@H]3CC[C@@H](C2)[C@@H]3Nc2nc3n(n2)CCCN3c2ccc(F)c(F)c2F)ncn1. The topological polar surface area (TPSA) is 84.2 Å². The average Bonchev–Trinajstić information content (AvgIpc) is 3.38. The van der Waals surface area contributed by atoms with E-state index in [4.69, 9.17) is 4.74 Å². The average molecular weight is 487 g/mol. The Labute approximate surface area is 199 Å². The number of hydrogen-bond acceptors (Lipinski definition) is 8. The van der Waals surface area contributed by atoms with Gasteiger partial charge in [-0.2, -0.15) is 4.98 Å². The zero-order valence-corrected chi connectivity index (χ0v) is 19.2. The van der Waals surface area contributed by atoms with Gasteiger partial charge in [-0.15, -0.1) is 5.10 Å². The lowest BCUT2D eigenvalue weighted by Gasteiger charge is -2.38. The first-order valence-corrected chi connectivity index (χ1v) is 11.7. The minimum absolute atomic E-state index is 0.0440. The van der Waals surface area contributed by atoms with Crippen molar-refractivity contribution in [1.82, 2.24) is 24.7 Å². The van der Waals surface area contributed by atoms with Crippen LogP contribution in [0.3, 0.4) is 0 Å². The normalized spacial score (nSPS) is 23.4. The largest absolute Gasteiger partial charge is 0.481 e. The molecule has 1 N–H and O–H groups in total. The van der Waals surface area contributed by atoms with Crippen LogP contribution in [0.2, 0.25) is 0 Å². The Morgan fingerprint density at radius 1 is 1.03 bits per heavy atom. The third-order valence-corrected chi connectivity index (χ3v) is 7.24. The molecule has 0 radical (unpaired) electrons. The van der Waals surface area contributed by atoms with Crippen LogP contribution in [-0.4, -0.2) is 57.5 Å². The number of ether oxygens (including phenoxy) is 1. The molecule has 0 unspecified atom stereocenters. The molecule has 0 spiro atoms. The fourth-order valence-corrected chi connectivity index (χ4v) is 5.58. The Hall–Kier alpha value is -3.57. The summed E-state index contributed by atoms with van der Waals surface area (Å²) in [6.45, 7) is 2.74. The molecule has 1 saturated heterocycles. The summed E-state index contributed by atoms with van der Waals surface area (Å²) in [7, 11) is 1.59. The van der Waals surface area contributed by atoms with Gasteiger partial charge in [0.1, 0.15) is 12.1 Å². The maximum atomic E-state index is 14.5. The molecule has 1 aromatic carbocycles. The number of halogens is 3. The maximum absolute atomic E-state index is 14.5. The number of aromatic nitrogens is 5. The number of aryl methyl sites for hydroxylation is 1. The van der Waals surface area contributed by atoms with Gasteiger partial charge in [-0.3, -0.25) is 0 Å². The van der Waals surface area contributed by atoms with Gasteiger partial charge < -0.3 is 19.9 Å². The van der Waals surface area contributed by atoms with E-state index in [-0.39, 0.29) is 11.7 Å². The lowest BCUT2D eigenvalue weighted by molar-refractivity contribution is 0.372. The number of methoxy groups -OCH3 is 1. The first-order chi connectivity index (χ1) is 17.0. The van der Waals surface area contributed by atoms with Gasteiger partial charge in [0.05, 0.1) is 12.8 Å². The van der Waals surface area contributed by atoms with Gasteiger partial charge in [-0.05, 0) is 43.2 Å². The van der Waals surface area contributed by atoms with Gasteiger partial charge in [0.2, 0.25) is 17.8 Å². The zero-order valence-electron chi connectivity index (χ0n) is 19.2. The van der Waals surface area contributed by atoms with E-state index in [1.807, 2.05) is 6.07 Å². The summed E-state index contributed by atoms with van der Waals surface area (Å²) in [5.41, 5.74) is -0.0440. The molecule has 2 fully saturated rings. The standard InChI is InChI=1S/C23H25F3N8O/c1-35-18-9-17(27-12-28-18)32-10-13-3-4-14(11-32)21(13)29-22-30-23-33(7-2-8-34(23)31-22)16-6-5-15(24)19(25)20(16)26/h5-6,9,12-14,21H,2-4,7-8,10-11H2,1H3,(H,29,31)/t13-,14+,21-. The fraction of sp³-hybridized carbons (Fsp3) is 0.478. The molecule has 0 amide bonds. The highest BCUT2D eigenvalue weighted by molar-refractivity contribution is 5.60. The number of nitrogens with zero attached hydrogens (tertiary/aromatic N) is 7. The Morgan fingerprint density at radius 2 is 1.83 bits per heavy atom. The van der Waals surface area contributed by atoms with E-state index in [0.717, 1.165) is 37.8 Å². The molecular formula is C23H25F3N8O. The van der Waals surface area contributed by atoms with Crippen molar-refractivity contribution >= 4 is 23.4 Å². The molecule has 1 saturated carbocycles. The Bertz CT molecular complexity index is 1240. The minimum Gasteiger partial charge on any atom is -0.481 e. The van der Waals surface area contributed by atoms with Gasteiger partial charge in [-0.1, -0.05) is 0 Å². The van der Waals surface area contributed by atoms with Crippen molar-refractivity contribution in [2.45, 2.75) is 31.8 Å². The number of benzene rings is 1. The van der Waals surface area contributed by atoms with Crippen LogP contribution >= 0.6 is 0 Å². The number of piperidine rings is 1. The molecule has 3 atom stereocenters. The van der Waals surface area contributed by atoms with Crippen molar-refractivity contribution < 1.29 is 17.9 Å². The quantitative estimate of drug-likeness (QED) is 0.550. The smallest absolute Gasteiger partial charge is 0.244 e. The highest BCUT2D eigenvalue weighted by atomic mass is 19.2. The number of rotatable bonds is 5. The summed E-state index contributed by atoms with van der Waals surface area (Å²) in [5.74, 6) is -0.871. The third kappa shape index (κ3) is 3.80. The van der Waals surface area contributed by atoms with E-state index >= 15 is 0 Å². The van der Waals surface area contributed by atoms with E-state index in [0.29, 0.717) is 49.1 Å². The van der Waals surface area contributed by atoms with Crippen LogP contribution in [0, 0.1) is 29.3 Å². The second kappa shape index (κ2) is 8.58. The van der Waals surface area contributed by atoms with Crippen LogP contribution in [0.15, 0.2) is 24.5 Å². The van der Waals surface area contributed by atoms with E-state index in [2.05, 4.69) is 30.3 Å². The minimum atomic E-state index is -1.48. The van der Waals surface area contributed by atoms with Crippen molar-refractivity contribution in [2.75, 3.05) is 41.9 Å². The summed E-state index contributed by atoms with van der Waals surface area (Å²) < 4.78 is 48.8. The third-order valence-electron chi connectivity index (χ3n) is 7.24. The highest BCUT2D eigenvalue weighted by Gasteiger charge is 2.43. The van der Waals surface area contributed by atoms with Gasteiger partial charge >= 0.3 is 0 Å². The van der Waals surface area contributed by atoms with Crippen molar-refractivity contribution in [3.63, 3.8) is 0 Å². The molecule has 1 aliphatic carbocycles. The molecular weight excluding hydrogens is 461 g/mol. The number of anilines is 4. The van der Waals surface area contributed by atoms with Gasteiger partial charge in [0, 0.05) is 38.3 Å². The summed E-state index contributed by atoms with van der Waals surface area (Å²) in [6.07, 6.45) is 4.36. The van der Waals surface area contributed by atoms with Gasteiger partial charge in [-0.25, -0.2) is 27.8 Å². The van der Waals surface area contributed by atoms with Crippen LogP contribution in [0.4, 0.5) is 36.6 Å². The second-order valence-electron chi connectivity index (χ2n) is 9.25.